The van der Waals surface area contributed by atoms with Crippen LogP contribution in [0.25, 0.3) is 11.0 Å². The van der Waals surface area contributed by atoms with Crippen LogP contribution in [0.1, 0.15) is 56.8 Å². The number of anilines is 1. The summed E-state index contributed by atoms with van der Waals surface area (Å²) in [4.78, 5) is 2.25. The van der Waals surface area contributed by atoms with E-state index in [0.29, 0.717) is 36.7 Å². The summed E-state index contributed by atoms with van der Waals surface area (Å²) >= 11 is 0. The zero-order valence-corrected chi connectivity index (χ0v) is 19.7. The Morgan fingerprint density at radius 3 is 2.70 bits per heavy atom. The Kier molecular flexibility index (Phi) is 7.70. The number of halogens is 1. The molecular weight excluding hydrogens is 423 g/mol. The van der Waals surface area contributed by atoms with Crippen molar-refractivity contribution >= 4 is 16.8 Å². The number of hydrogen-bond donors (Lipinski definition) is 0. The average molecular weight is 457 g/mol. The molecule has 0 amide bonds. The van der Waals surface area contributed by atoms with Crippen molar-refractivity contribution in [2.24, 2.45) is 0 Å². The fraction of sp³-hybridized carbons (Fsp3) is 0.500. The Morgan fingerprint density at radius 2 is 1.94 bits per heavy atom. The molecule has 0 radical (unpaired) electrons. The molecule has 2 aromatic carbocycles. The van der Waals surface area contributed by atoms with E-state index in [1.165, 1.54) is 12.5 Å². The zero-order valence-electron chi connectivity index (χ0n) is 19.7. The Labute approximate surface area is 194 Å². The molecule has 1 aliphatic heterocycles. The van der Waals surface area contributed by atoms with Gasteiger partial charge in [-0.2, -0.15) is 0 Å². The lowest BCUT2D eigenvalue weighted by atomic mass is 10.0. The summed E-state index contributed by atoms with van der Waals surface area (Å²) in [5.74, 6) is 1.90. The fourth-order valence-corrected chi connectivity index (χ4v) is 4.47. The van der Waals surface area contributed by atoms with E-state index in [0.717, 1.165) is 54.7 Å². The molecule has 33 heavy (non-hydrogen) atoms. The van der Waals surface area contributed by atoms with Crippen molar-refractivity contribution in [2.75, 3.05) is 38.3 Å². The van der Waals surface area contributed by atoms with E-state index < -0.39 is 0 Å². The van der Waals surface area contributed by atoms with Crippen molar-refractivity contribution in [1.29, 1.82) is 0 Å². The lowest BCUT2D eigenvalue weighted by Gasteiger charge is -2.26. The molecular formula is C26H33FN2O4. The molecule has 0 saturated carbocycles. The molecule has 1 aliphatic rings. The van der Waals surface area contributed by atoms with E-state index in [1.54, 1.807) is 13.2 Å². The molecule has 0 aliphatic carbocycles. The first kappa shape index (κ1) is 23.4. The van der Waals surface area contributed by atoms with E-state index >= 15 is 0 Å². The maximum absolute atomic E-state index is 14.2. The van der Waals surface area contributed by atoms with Gasteiger partial charge in [-0.25, -0.2) is 4.39 Å². The molecule has 1 unspecified atom stereocenters. The van der Waals surface area contributed by atoms with Gasteiger partial charge in [0.15, 0.2) is 22.9 Å². The highest BCUT2D eigenvalue weighted by Gasteiger charge is 2.21. The fourth-order valence-electron chi connectivity index (χ4n) is 4.47. The summed E-state index contributed by atoms with van der Waals surface area (Å²) in [5, 5.41) is 5.20. The average Bonchev–Trinajstić information content (AvgIpc) is 3.26. The second kappa shape index (κ2) is 10.9. The molecule has 178 valence electrons. The van der Waals surface area contributed by atoms with Crippen LogP contribution in [0.3, 0.4) is 0 Å². The summed E-state index contributed by atoms with van der Waals surface area (Å²) in [7, 11) is 1.63. The van der Waals surface area contributed by atoms with E-state index in [2.05, 4.69) is 10.1 Å². The number of rotatable bonds is 10. The summed E-state index contributed by atoms with van der Waals surface area (Å²) in [6.07, 6.45) is 4.90. The highest BCUT2D eigenvalue weighted by atomic mass is 19.1. The van der Waals surface area contributed by atoms with Crippen LogP contribution < -0.4 is 14.4 Å². The minimum atomic E-state index is -0.305. The highest BCUT2D eigenvalue weighted by Crippen LogP contribution is 2.34. The summed E-state index contributed by atoms with van der Waals surface area (Å²) in [6, 6.07) is 8.88. The third kappa shape index (κ3) is 5.41. The van der Waals surface area contributed by atoms with Crippen LogP contribution in [0.15, 0.2) is 34.9 Å². The monoisotopic (exact) mass is 456 g/mol. The number of nitrogens with zero attached hydrogens (tertiary/aromatic N) is 2. The summed E-state index contributed by atoms with van der Waals surface area (Å²) in [5.41, 5.74) is 2.45. The Hall–Kier alpha value is -2.80. The van der Waals surface area contributed by atoms with Gasteiger partial charge < -0.3 is 23.6 Å². The number of aryl methyl sites for hydroxylation is 1. The highest BCUT2D eigenvalue weighted by molar-refractivity contribution is 5.91. The van der Waals surface area contributed by atoms with Gasteiger partial charge in [-0.15, -0.1) is 0 Å². The molecule has 4 rings (SSSR count). The largest absolute Gasteiger partial charge is 0.493 e. The van der Waals surface area contributed by atoms with Crippen molar-refractivity contribution in [3.05, 3.63) is 47.3 Å². The normalized spacial score (nSPS) is 15.1. The lowest BCUT2D eigenvalue weighted by molar-refractivity contribution is 0.0761. The second-order valence-corrected chi connectivity index (χ2v) is 8.45. The van der Waals surface area contributed by atoms with E-state index in [1.807, 2.05) is 32.0 Å². The van der Waals surface area contributed by atoms with Crippen molar-refractivity contribution in [1.82, 2.24) is 5.16 Å². The Morgan fingerprint density at radius 1 is 1.12 bits per heavy atom. The van der Waals surface area contributed by atoms with Crippen molar-refractivity contribution in [3.8, 4) is 11.5 Å². The molecule has 6 nitrogen and oxygen atoms in total. The van der Waals surface area contributed by atoms with Crippen molar-refractivity contribution in [3.63, 3.8) is 0 Å². The molecule has 3 aromatic rings. The third-order valence-electron chi connectivity index (χ3n) is 6.18. The minimum Gasteiger partial charge on any atom is -0.493 e. The maximum Gasteiger partial charge on any atom is 0.180 e. The van der Waals surface area contributed by atoms with Gasteiger partial charge in [0.25, 0.3) is 0 Å². The number of aromatic nitrogens is 1. The first-order valence-corrected chi connectivity index (χ1v) is 11.9. The molecule has 1 atom stereocenters. The van der Waals surface area contributed by atoms with E-state index in [-0.39, 0.29) is 11.9 Å². The van der Waals surface area contributed by atoms with Crippen LogP contribution in [0.5, 0.6) is 11.5 Å². The quantitative estimate of drug-likeness (QED) is 0.345. The molecule has 1 fully saturated rings. The first-order valence-electron chi connectivity index (χ1n) is 11.9. The molecule has 0 bridgehead atoms. The topological polar surface area (TPSA) is 57.0 Å². The maximum atomic E-state index is 14.2. The van der Waals surface area contributed by atoms with E-state index in [4.69, 9.17) is 18.7 Å². The number of hydrogen-bond acceptors (Lipinski definition) is 6. The molecule has 1 aromatic heterocycles. The van der Waals surface area contributed by atoms with Crippen LogP contribution in [0.4, 0.5) is 10.2 Å². The van der Waals surface area contributed by atoms with Gasteiger partial charge in [-0.05, 0) is 75.3 Å². The molecule has 0 N–H and O–H groups in total. The number of piperidine rings is 1. The van der Waals surface area contributed by atoms with E-state index in [9.17, 15) is 4.39 Å². The van der Waals surface area contributed by atoms with Gasteiger partial charge in [-0.1, -0.05) is 11.2 Å². The van der Waals surface area contributed by atoms with Gasteiger partial charge in [0, 0.05) is 25.8 Å². The van der Waals surface area contributed by atoms with Crippen molar-refractivity contribution < 1.29 is 23.1 Å². The number of fused-ring (bicyclic) bond motifs is 1. The Bertz CT molecular complexity index is 1060. The van der Waals surface area contributed by atoms with Gasteiger partial charge in [-0.3, -0.25) is 0 Å². The first-order chi connectivity index (χ1) is 16.1. The molecule has 1 saturated heterocycles. The van der Waals surface area contributed by atoms with Crippen molar-refractivity contribution in [2.45, 2.75) is 52.1 Å². The zero-order chi connectivity index (χ0) is 23.2. The number of ether oxygens (including phenoxy) is 3. The van der Waals surface area contributed by atoms with Crippen LogP contribution in [-0.4, -0.2) is 38.6 Å². The lowest BCUT2D eigenvalue weighted by Crippen LogP contribution is -2.29. The standard InChI is InChI=1S/C26H33FN2O4/c1-4-31-18(2)19-10-11-22(23(16-19)30-3)32-14-8-9-20-15-21(27)17-24-25(20)26(28-33-24)29-12-6-5-7-13-29/h10-11,15-18H,4-9,12-14H2,1-3H3. The number of benzene rings is 2. The Balaban J connectivity index is 1.43. The summed E-state index contributed by atoms with van der Waals surface area (Å²) < 4.78 is 36.9. The number of methoxy groups -OCH3 is 1. The smallest absolute Gasteiger partial charge is 0.180 e. The van der Waals surface area contributed by atoms with Crippen LogP contribution in [0.2, 0.25) is 0 Å². The predicted molar refractivity (Wildman–Crippen MR) is 127 cm³/mol. The SMILES string of the molecule is CCOC(C)c1ccc(OCCCc2cc(F)cc3onc(N4CCCCC4)c23)c(OC)c1. The van der Waals surface area contributed by atoms with Crippen LogP contribution >= 0.6 is 0 Å². The van der Waals surface area contributed by atoms with Gasteiger partial charge in [0.05, 0.1) is 25.2 Å². The minimum absolute atomic E-state index is 0.00833. The van der Waals surface area contributed by atoms with Gasteiger partial charge in [0.1, 0.15) is 5.82 Å². The van der Waals surface area contributed by atoms with Gasteiger partial charge >= 0.3 is 0 Å². The molecule has 2 heterocycles. The summed E-state index contributed by atoms with van der Waals surface area (Å²) in [6.45, 7) is 7.05. The predicted octanol–water partition coefficient (Wildman–Crippen LogP) is 6.07. The van der Waals surface area contributed by atoms with Crippen LogP contribution in [0, 0.1) is 5.82 Å². The third-order valence-corrected chi connectivity index (χ3v) is 6.18. The second-order valence-electron chi connectivity index (χ2n) is 8.45. The molecule has 7 heteroatoms. The van der Waals surface area contributed by atoms with Crippen LogP contribution in [-0.2, 0) is 11.2 Å². The molecule has 0 spiro atoms. The van der Waals surface area contributed by atoms with Gasteiger partial charge in [0.2, 0.25) is 0 Å².